The average molecular weight is 275 g/mol. The van der Waals surface area contributed by atoms with Crippen LogP contribution in [0.1, 0.15) is 45.3 Å². The topological polar surface area (TPSA) is 26.0 Å². The number of rotatable bonds is 2. The molecule has 1 atom stereocenters. The Morgan fingerprint density at radius 2 is 1.95 bits per heavy atom. The Bertz CT molecular complexity index is 559. The molecule has 1 aliphatic carbocycles. The van der Waals surface area contributed by atoms with Crippen LogP contribution < -0.4 is 5.73 Å². The van der Waals surface area contributed by atoms with Crippen LogP contribution in [0.4, 0.5) is 4.39 Å². The first kappa shape index (κ1) is 12.8. The fourth-order valence-corrected chi connectivity index (χ4v) is 4.06. The molecule has 1 heterocycles. The Morgan fingerprint density at radius 1 is 1.16 bits per heavy atom. The van der Waals surface area contributed by atoms with Crippen LogP contribution in [0.5, 0.6) is 0 Å². The summed E-state index contributed by atoms with van der Waals surface area (Å²) in [5, 5.41) is 0. The van der Waals surface area contributed by atoms with Gasteiger partial charge >= 0.3 is 0 Å². The standard InChI is InChI=1S/C16H18FNS/c1-10-6-12(8-13(17)7-10)16(18)15-9-11-4-2-3-5-14(11)19-15/h6-9,16H,2-5,18H2,1H3. The molecule has 0 spiro atoms. The van der Waals surface area contributed by atoms with Gasteiger partial charge in [0.15, 0.2) is 0 Å². The van der Waals surface area contributed by atoms with E-state index < -0.39 is 0 Å². The van der Waals surface area contributed by atoms with Crippen LogP contribution in [-0.4, -0.2) is 0 Å². The smallest absolute Gasteiger partial charge is 0.123 e. The van der Waals surface area contributed by atoms with Crippen LogP contribution in [0, 0.1) is 12.7 Å². The normalized spacial score (nSPS) is 16.2. The third kappa shape index (κ3) is 2.58. The van der Waals surface area contributed by atoms with E-state index in [9.17, 15) is 4.39 Å². The van der Waals surface area contributed by atoms with Crippen LogP contribution in [-0.2, 0) is 12.8 Å². The lowest BCUT2D eigenvalue weighted by atomic mass is 9.97. The van der Waals surface area contributed by atoms with E-state index in [1.807, 2.05) is 13.0 Å². The molecule has 0 aliphatic heterocycles. The summed E-state index contributed by atoms with van der Waals surface area (Å²) in [5.41, 5.74) is 9.56. The van der Waals surface area contributed by atoms with Gasteiger partial charge in [-0.15, -0.1) is 11.3 Å². The van der Waals surface area contributed by atoms with Crippen molar-refractivity contribution in [3.8, 4) is 0 Å². The van der Waals surface area contributed by atoms with Crippen LogP contribution in [0.15, 0.2) is 24.3 Å². The molecule has 1 nitrogen and oxygen atoms in total. The molecule has 1 aromatic carbocycles. The van der Waals surface area contributed by atoms with Crippen LogP contribution in [0.3, 0.4) is 0 Å². The average Bonchev–Trinajstić information content (AvgIpc) is 2.80. The van der Waals surface area contributed by atoms with Gasteiger partial charge in [-0.2, -0.15) is 0 Å². The molecule has 1 aromatic heterocycles. The van der Waals surface area contributed by atoms with E-state index >= 15 is 0 Å². The number of fused-ring (bicyclic) bond motifs is 1. The number of aryl methyl sites for hydroxylation is 3. The van der Waals surface area contributed by atoms with Crippen molar-refractivity contribution >= 4 is 11.3 Å². The SMILES string of the molecule is Cc1cc(F)cc(C(N)c2cc3c(s2)CCCC3)c1. The molecule has 0 amide bonds. The van der Waals surface area contributed by atoms with E-state index in [0.717, 1.165) is 16.0 Å². The first-order valence-electron chi connectivity index (χ1n) is 6.77. The molecule has 0 saturated heterocycles. The van der Waals surface area contributed by atoms with Crippen LogP contribution in [0.2, 0.25) is 0 Å². The predicted octanol–water partition coefficient (Wildman–Crippen LogP) is 4.12. The number of benzene rings is 1. The van der Waals surface area contributed by atoms with Gasteiger partial charge in [0.05, 0.1) is 6.04 Å². The lowest BCUT2D eigenvalue weighted by Gasteiger charge is -2.11. The Hall–Kier alpha value is -1.19. The molecule has 1 aliphatic rings. The highest BCUT2D eigenvalue weighted by Crippen LogP contribution is 2.34. The Labute approximate surface area is 117 Å². The van der Waals surface area contributed by atoms with E-state index in [1.54, 1.807) is 17.4 Å². The minimum absolute atomic E-state index is 0.202. The zero-order chi connectivity index (χ0) is 13.4. The summed E-state index contributed by atoms with van der Waals surface area (Å²) in [6.07, 6.45) is 4.90. The summed E-state index contributed by atoms with van der Waals surface area (Å²) in [6.45, 7) is 1.90. The molecule has 2 aromatic rings. The van der Waals surface area contributed by atoms with Crippen molar-refractivity contribution in [3.63, 3.8) is 0 Å². The fraction of sp³-hybridized carbons (Fsp3) is 0.375. The Morgan fingerprint density at radius 3 is 2.68 bits per heavy atom. The molecule has 0 saturated carbocycles. The van der Waals surface area contributed by atoms with E-state index in [2.05, 4.69) is 6.07 Å². The van der Waals surface area contributed by atoms with Gasteiger partial charge < -0.3 is 5.73 Å². The summed E-state index contributed by atoms with van der Waals surface area (Å²) in [7, 11) is 0. The first-order chi connectivity index (χ1) is 9.13. The van der Waals surface area contributed by atoms with Crippen molar-refractivity contribution in [2.75, 3.05) is 0 Å². The minimum Gasteiger partial charge on any atom is -0.320 e. The van der Waals surface area contributed by atoms with Gasteiger partial charge in [0.2, 0.25) is 0 Å². The summed E-state index contributed by atoms with van der Waals surface area (Å²) >= 11 is 1.80. The number of thiophene rings is 1. The van der Waals surface area contributed by atoms with Crippen molar-refractivity contribution < 1.29 is 4.39 Å². The second-order valence-corrected chi connectivity index (χ2v) is 6.51. The molecule has 1 unspecified atom stereocenters. The fourth-order valence-electron chi connectivity index (χ4n) is 2.78. The van der Waals surface area contributed by atoms with Crippen LogP contribution >= 0.6 is 11.3 Å². The molecule has 2 N–H and O–H groups in total. The summed E-state index contributed by atoms with van der Waals surface area (Å²) in [4.78, 5) is 2.64. The molecule has 0 fully saturated rings. The monoisotopic (exact) mass is 275 g/mol. The zero-order valence-electron chi connectivity index (χ0n) is 11.1. The Balaban J connectivity index is 1.94. The van der Waals surface area contributed by atoms with Crippen molar-refractivity contribution in [1.29, 1.82) is 0 Å². The predicted molar refractivity (Wildman–Crippen MR) is 78.1 cm³/mol. The minimum atomic E-state index is -0.204. The maximum Gasteiger partial charge on any atom is 0.123 e. The van der Waals surface area contributed by atoms with E-state index in [4.69, 9.17) is 5.73 Å². The summed E-state index contributed by atoms with van der Waals surface area (Å²) in [6, 6.07) is 7.09. The highest BCUT2D eigenvalue weighted by molar-refractivity contribution is 7.12. The first-order valence-corrected chi connectivity index (χ1v) is 7.59. The van der Waals surface area contributed by atoms with E-state index in [-0.39, 0.29) is 11.9 Å². The van der Waals surface area contributed by atoms with Gasteiger partial charge in [-0.1, -0.05) is 6.07 Å². The molecular weight excluding hydrogens is 257 g/mol. The summed E-state index contributed by atoms with van der Waals surface area (Å²) in [5.74, 6) is -0.202. The van der Waals surface area contributed by atoms with Crippen molar-refractivity contribution in [2.24, 2.45) is 5.73 Å². The van der Waals surface area contributed by atoms with Gasteiger partial charge in [-0.25, -0.2) is 4.39 Å². The quantitative estimate of drug-likeness (QED) is 0.876. The van der Waals surface area contributed by atoms with E-state index in [0.29, 0.717) is 0 Å². The largest absolute Gasteiger partial charge is 0.320 e. The number of halogens is 1. The maximum absolute atomic E-state index is 13.5. The molecule has 3 rings (SSSR count). The molecule has 0 bridgehead atoms. The maximum atomic E-state index is 13.5. The van der Waals surface area contributed by atoms with Crippen LogP contribution in [0.25, 0.3) is 0 Å². The molecule has 19 heavy (non-hydrogen) atoms. The number of hydrogen-bond acceptors (Lipinski definition) is 2. The highest BCUT2D eigenvalue weighted by Gasteiger charge is 2.18. The molecular formula is C16H18FNS. The van der Waals surface area contributed by atoms with Gasteiger partial charge in [0.25, 0.3) is 0 Å². The molecule has 100 valence electrons. The van der Waals surface area contributed by atoms with Crippen molar-refractivity contribution in [1.82, 2.24) is 0 Å². The lowest BCUT2D eigenvalue weighted by molar-refractivity contribution is 0.622. The van der Waals surface area contributed by atoms with Crippen molar-refractivity contribution in [2.45, 2.75) is 38.6 Å². The number of hydrogen-bond donors (Lipinski definition) is 1. The third-order valence-corrected chi connectivity index (χ3v) is 5.07. The van der Waals surface area contributed by atoms with Gasteiger partial charge in [-0.3, -0.25) is 0 Å². The zero-order valence-corrected chi connectivity index (χ0v) is 11.9. The second kappa shape index (κ2) is 5.06. The van der Waals surface area contributed by atoms with Gasteiger partial charge in [0.1, 0.15) is 5.82 Å². The van der Waals surface area contributed by atoms with E-state index in [1.165, 1.54) is 42.2 Å². The van der Waals surface area contributed by atoms with Crippen molar-refractivity contribution in [3.05, 3.63) is 56.5 Å². The second-order valence-electron chi connectivity index (χ2n) is 5.34. The Kier molecular flexibility index (Phi) is 3.42. The lowest BCUT2D eigenvalue weighted by Crippen LogP contribution is -2.10. The van der Waals surface area contributed by atoms with Gasteiger partial charge in [0, 0.05) is 9.75 Å². The highest BCUT2D eigenvalue weighted by atomic mass is 32.1. The summed E-state index contributed by atoms with van der Waals surface area (Å²) < 4.78 is 13.5. The third-order valence-electron chi connectivity index (χ3n) is 3.75. The molecule has 3 heteroatoms. The molecule has 0 radical (unpaired) electrons. The number of nitrogens with two attached hydrogens (primary N) is 1. The van der Waals surface area contributed by atoms with Gasteiger partial charge in [-0.05, 0) is 67.5 Å².